The van der Waals surface area contributed by atoms with Gasteiger partial charge in [-0.3, -0.25) is 9.79 Å². The van der Waals surface area contributed by atoms with Crippen molar-refractivity contribution in [2.75, 3.05) is 27.7 Å². The maximum atomic E-state index is 12.6. The summed E-state index contributed by atoms with van der Waals surface area (Å²) in [5.74, 6) is 0.456. The molecular formula is C17H25F3N4O. The molecule has 0 spiro atoms. The number of benzene rings is 1. The summed E-state index contributed by atoms with van der Waals surface area (Å²) in [6.07, 6.45) is -4.34. The molecule has 25 heavy (non-hydrogen) atoms. The normalized spacial score (nSPS) is 12.7. The topological polar surface area (TPSA) is 56.7 Å². The lowest BCUT2D eigenvalue weighted by Crippen LogP contribution is -2.47. The molecule has 0 unspecified atom stereocenters. The van der Waals surface area contributed by atoms with Gasteiger partial charge in [0.05, 0.1) is 11.0 Å². The maximum absolute atomic E-state index is 12.6. The number of hydrogen-bond acceptors (Lipinski definition) is 2. The zero-order valence-corrected chi connectivity index (χ0v) is 15.2. The molecule has 140 valence electrons. The predicted molar refractivity (Wildman–Crippen MR) is 92.1 cm³/mol. The van der Waals surface area contributed by atoms with Crippen LogP contribution in [-0.4, -0.2) is 44.5 Å². The Morgan fingerprint density at radius 3 is 2.20 bits per heavy atom. The van der Waals surface area contributed by atoms with Gasteiger partial charge in [-0.1, -0.05) is 12.1 Å². The molecule has 0 radical (unpaired) electrons. The van der Waals surface area contributed by atoms with Gasteiger partial charge < -0.3 is 15.5 Å². The number of rotatable bonds is 5. The average molecular weight is 358 g/mol. The van der Waals surface area contributed by atoms with Crippen LogP contribution in [0.25, 0.3) is 0 Å². The van der Waals surface area contributed by atoms with Gasteiger partial charge in [-0.05, 0) is 31.5 Å². The number of amides is 1. The highest BCUT2D eigenvalue weighted by atomic mass is 19.4. The van der Waals surface area contributed by atoms with Crippen molar-refractivity contribution < 1.29 is 18.0 Å². The van der Waals surface area contributed by atoms with Gasteiger partial charge in [0.1, 0.15) is 0 Å². The van der Waals surface area contributed by atoms with E-state index in [1.807, 2.05) is 13.8 Å². The zero-order chi connectivity index (χ0) is 19.3. The lowest BCUT2D eigenvalue weighted by Gasteiger charge is -2.27. The molecule has 8 heteroatoms. The third-order valence-corrected chi connectivity index (χ3v) is 3.80. The Kier molecular flexibility index (Phi) is 6.84. The van der Waals surface area contributed by atoms with E-state index in [1.54, 1.807) is 26.0 Å². The van der Waals surface area contributed by atoms with E-state index in [9.17, 15) is 18.0 Å². The van der Waals surface area contributed by atoms with Crippen LogP contribution in [0.2, 0.25) is 0 Å². The minimum atomic E-state index is -4.34. The van der Waals surface area contributed by atoms with Crippen molar-refractivity contribution in [3.8, 4) is 0 Å². The van der Waals surface area contributed by atoms with Gasteiger partial charge in [0.2, 0.25) is 5.91 Å². The Balaban J connectivity index is 2.71. The number of hydrogen-bond donors (Lipinski definition) is 2. The highest BCUT2D eigenvalue weighted by Crippen LogP contribution is 2.29. The van der Waals surface area contributed by atoms with E-state index in [0.717, 1.165) is 17.7 Å². The smallest absolute Gasteiger partial charge is 0.359 e. The molecule has 0 heterocycles. The molecule has 0 saturated carbocycles. The molecule has 0 aliphatic heterocycles. The highest BCUT2D eigenvalue weighted by molar-refractivity contribution is 5.84. The second kappa shape index (κ2) is 8.22. The highest BCUT2D eigenvalue weighted by Gasteiger charge is 2.30. The van der Waals surface area contributed by atoms with Gasteiger partial charge in [0.25, 0.3) is 0 Å². The van der Waals surface area contributed by atoms with Crippen LogP contribution in [-0.2, 0) is 17.5 Å². The summed E-state index contributed by atoms with van der Waals surface area (Å²) in [6.45, 7) is 4.37. The van der Waals surface area contributed by atoms with Gasteiger partial charge >= 0.3 is 6.18 Å². The van der Waals surface area contributed by atoms with Gasteiger partial charge in [0, 0.05) is 34.2 Å². The van der Waals surface area contributed by atoms with Crippen molar-refractivity contribution in [3.63, 3.8) is 0 Å². The number of guanidine groups is 1. The molecule has 1 aromatic carbocycles. The molecule has 2 N–H and O–H groups in total. The van der Waals surface area contributed by atoms with Gasteiger partial charge in [0.15, 0.2) is 5.96 Å². The van der Waals surface area contributed by atoms with Crippen LogP contribution in [0.3, 0.4) is 0 Å². The fourth-order valence-electron chi connectivity index (χ4n) is 2.25. The van der Waals surface area contributed by atoms with Crippen LogP contribution >= 0.6 is 0 Å². The number of alkyl halides is 3. The molecule has 0 aliphatic rings. The number of nitrogens with zero attached hydrogens (tertiary/aromatic N) is 2. The number of halogens is 3. The third kappa shape index (κ3) is 5.95. The van der Waals surface area contributed by atoms with Crippen molar-refractivity contribution in [2.45, 2.75) is 26.6 Å². The molecule has 1 amide bonds. The van der Waals surface area contributed by atoms with E-state index in [0.29, 0.717) is 19.0 Å². The van der Waals surface area contributed by atoms with Crippen LogP contribution in [0.15, 0.2) is 29.3 Å². The van der Waals surface area contributed by atoms with E-state index >= 15 is 0 Å². The number of aliphatic imine (C=N–C) groups is 1. The summed E-state index contributed by atoms with van der Waals surface area (Å²) in [4.78, 5) is 17.7. The lowest BCUT2D eigenvalue weighted by atomic mass is 9.92. The Bertz CT molecular complexity index is 609. The first-order chi connectivity index (χ1) is 11.5. The second-order valence-corrected chi connectivity index (χ2v) is 6.41. The van der Waals surface area contributed by atoms with Gasteiger partial charge in [-0.2, -0.15) is 13.2 Å². The molecule has 0 atom stereocenters. The molecule has 0 aromatic heterocycles. The van der Waals surface area contributed by atoms with Crippen LogP contribution in [0.5, 0.6) is 0 Å². The molecular weight excluding hydrogens is 333 g/mol. The fraction of sp³-hybridized carbons (Fsp3) is 0.529. The lowest BCUT2D eigenvalue weighted by molar-refractivity contribution is -0.137. The summed E-state index contributed by atoms with van der Waals surface area (Å²) in [5, 5.41) is 5.72. The van der Waals surface area contributed by atoms with Gasteiger partial charge in [-0.15, -0.1) is 0 Å². The van der Waals surface area contributed by atoms with Crippen LogP contribution in [0, 0.1) is 5.41 Å². The molecule has 0 saturated heterocycles. The van der Waals surface area contributed by atoms with Crippen LogP contribution in [0.4, 0.5) is 13.2 Å². The molecule has 0 fully saturated rings. The molecule has 1 rings (SSSR count). The number of carbonyl (C=O) groups is 1. The van der Waals surface area contributed by atoms with Crippen LogP contribution < -0.4 is 10.6 Å². The standard InChI is InChI=1S/C17H25F3N4O/c1-16(2,14(25)21-3)11-23-15(22-4)24(5)10-12-6-8-13(9-7-12)17(18,19)20/h6-9H,10-11H2,1-5H3,(H,21,25)(H,22,23). The molecule has 5 nitrogen and oxygen atoms in total. The predicted octanol–water partition coefficient (Wildman–Crippen LogP) is 2.48. The molecule has 0 bridgehead atoms. The SMILES string of the molecule is CN=C(NCC(C)(C)C(=O)NC)N(C)Cc1ccc(C(F)(F)F)cc1. The van der Waals surface area contributed by atoms with E-state index in [2.05, 4.69) is 15.6 Å². The second-order valence-electron chi connectivity index (χ2n) is 6.41. The van der Waals surface area contributed by atoms with E-state index < -0.39 is 17.2 Å². The number of carbonyl (C=O) groups excluding carboxylic acids is 1. The largest absolute Gasteiger partial charge is 0.416 e. The van der Waals surface area contributed by atoms with Crippen LogP contribution in [0.1, 0.15) is 25.0 Å². The maximum Gasteiger partial charge on any atom is 0.416 e. The summed E-state index contributed by atoms with van der Waals surface area (Å²) in [6, 6.07) is 5.02. The van der Waals surface area contributed by atoms with Crippen molar-refractivity contribution in [1.82, 2.24) is 15.5 Å². The van der Waals surface area contributed by atoms with E-state index in [1.165, 1.54) is 12.1 Å². The number of nitrogens with one attached hydrogen (secondary N) is 2. The first-order valence-electron chi connectivity index (χ1n) is 7.81. The van der Waals surface area contributed by atoms with Crippen molar-refractivity contribution in [2.24, 2.45) is 10.4 Å². The quantitative estimate of drug-likeness (QED) is 0.628. The van der Waals surface area contributed by atoms with E-state index in [-0.39, 0.29) is 5.91 Å². The fourth-order valence-corrected chi connectivity index (χ4v) is 2.25. The monoisotopic (exact) mass is 358 g/mol. The minimum Gasteiger partial charge on any atom is -0.359 e. The molecule has 1 aromatic rings. The zero-order valence-electron chi connectivity index (χ0n) is 15.2. The minimum absolute atomic E-state index is 0.0964. The first-order valence-corrected chi connectivity index (χ1v) is 7.81. The summed E-state index contributed by atoms with van der Waals surface area (Å²) in [7, 11) is 4.97. The first kappa shape index (κ1) is 20.8. The van der Waals surface area contributed by atoms with Gasteiger partial charge in [-0.25, -0.2) is 0 Å². The van der Waals surface area contributed by atoms with Crippen molar-refractivity contribution in [1.29, 1.82) is 0 Å². The third-order valence-electron chi connectivity index (χ3n) is 3.80. The van der Waals surface area contributed by atoms with Crippen molar-refractivity contribution >= 4 is 11.9 Å². The average Bonchev–Trinajstić information content (AvgIpc) is 2.54. The molecule has 0 aliphatic carbocycles. The van der Waals surface area contributed by atoms with Crippen molar-refractivity contribution in [3.05, 3.63) is 35.4 Å². The Morgan fingerprint density at radius 2 is 1.76 bits per heavy atom. The summed E-state index contributed by atoms with van der Waals surface area (Å²) in [5.41, 5.74) is -0.572. The van der Waals surface area contributed by atoms with E-state index in [4.69, 9.17) is 0 Å². The Morgan fingerprint density at radius 1 is 1.20 bits per heavy atom. The summed E-state index contributed by atoms with van der Waals surface area (Å²) >= 11 is 0. The summed E-state index contributed by atoms with van der Waals surface area (Å²) < 4.78 is 37.8. The Labute approximate surface area is 146 Å². The Hall–Kier alpha value is -2.25.